The van der Waals surface area contributed by atoms with Gasteiger partial charge in [-0.3, -0.25) is 14.4 Å². The lowest BCUT2D eigenvalue weighted by molar-refractivity contribution is 0.0942. The van der Waals surface area contributed by atoms with E-state index in [1.807, 2.05) is 0 Å². The second kappa shape index (κ2) is 12.4. The van der Waals surface area contributed by atoms with Gasteiger partial charge in [0.1, 0.15) is 0 Å². The van der Waals surface area contributed by atoms with E-state index in [2.05, 4.69) is 20.3 Å². The van der Waals surface area contributed by atoms with Crippen LogP contribution in [0.2, 0.25) is 10.0 Å². The number of rotatable bonds is 9. The van der Waals surface area contributed by atoms with Crippen molar-refractivity contribution in [3.05, 3.63) is 63.6 Å². The van der Waals surface area contributed by atoms with Gasteiger partial charge in [0, 0.05) is 57.6 Å². The molecule has 0 atom stereocenters. The molecule has 1 heterocycles. The molecule has 3 N–H and O–H groups in total. The highest BCUT2D eigenvalue weighted by atomic mass is 35.5. The van der Waals surface area contributed by atoms with Crippen LogP contribution in [0.15, 0.2) is 42.5 Å². The van der Waals surface area contributed by atoms with Crippen molar-refractivity contribution in [1.29, 1.82) is 0 Å². The number of amides is 3. The van der Waals surface area contributed by atoms with Crippen LogP contribution in [-0.4, -0.2) is 82.2 Å². The Hall–Kier alpha value is -2.53. The number of carbonyl (C=O) groups is 2. The largest absolute Gasteiger partial charge is 0.351 e. The zero-order valence-corrected chi connectivity index (χ0v) is 21.7. The molecule has 35 heavy (non-hydrogen) atoms. The van der Waals surface area contributed by atoms with Gasteiger partial charge in [0.05, 0.1) is 15.8 Å². The fraction of sp³-hybridized carbons (Fsp3) is 0.391. The lowest BCUT2D eigenvalue weighted by Gasteiger charge is -2.34. The molecule has 1 aliphatic heterocycles. The molecule has 190 valence electrons. The van der Waals surface area contributed by atoms with E-state index in [0.29, 0.717) is 53.0 Å². The molecule has 2 aromatic rings. The molecule has 0 bridgehead atoms. The van der Waals surface area contributed by atoms with Crippen LogP contribution in [0.3, 0.4) is 0 Å². The molecule has 12 heteroatoms. The van der Waals surface area contributed by atoms with Gasteiger partial charge in [0.15, 0.2) is 0 Å². The standard InChI is InChI=1S/C23H29Cl2N5O4S/c1-26-23(32)30-14-12-29(13-15-30)11-10-27-22(31)18-5-7-19(8-6-18)28-35(33,34)16-9-17-3-2-4-20(24)21(17)25/h2-8,28H,9-16H2,1H3,(H,26,32)(H,27,31). The van der Waals surface area contributed by atoms with Crippen LogP contribution in [0.1, 0.15) is 15.9 Å². The van der Waals surface area contributed by atoms with Crippen molar-refractivity contribution in [1.82, 2.24) is 20.4 Å². The van der Waals surface area contributed by atoms with Gasteiger partial charge in [-0.2, -0.15) is 0 Å². The summed E-state index contributed by atoms with van der Waals surface area (Å²) < 4.78 is 27.4. The zero-order valence-electron chi connectivity index (χ0n) is 19.4. The number of hydrogen-bond donors (Lipinski definition) is 3. The van der Waals surface area contributed by atoms with Gasteiger partial charge in [0.2, 0.25) is 10.0 Å². The van der Waals surface area contributed by atoms with Gasteiger partial charge in [-0.05, 0) is 42.3 Å². The Morgan fingerprint density at radius 3 is 2.34 bits per heavy atom. The summed E-state index contributed by atoms with van der Waals surface area (Å²) in [7, 11) is -2.00. The second-order valence-electron chi connectivity index (χ2n) is 8.10. The maximum absolute atomic E-state index is 12.5. The van der Waals surface area contributed by atoms with E-state index in [1.54, 1.807) is 54.4 Å². The van der Waals surface area contributed by atoms with Crippen LogP contribution in [0.4, 0.5) is 10.5 Å². The average Bonchev–Trinajstić information content (AvgIpc) is 2.85. The number of sulfonamides is 1. The normalized spacial score (nSPS) is 14.4. The maximum Gasteiger partial charge on any atom is 0.317 e. The van der Waals surface area contributed by atoms with Gasteiger partial charge in [-0.15, -0.1) is 0 Å². The number of anilines is 1. The molecule has 0 spiro atoms. The number of benzene rings is 2. The lowest BCUT2D eigenvalue weighted by atomic mass is 10.2. The highest BCUT2D eigenvalue weighted by molar-refractivity contribution is 7.92. The van der Waals surface area contributed by atoms with Gasteiger partial charge in [-0.25, -0.2) is 13.2 Å². The van der Waals surface area contributed by atoms with Crippen molar-refractivity contribution in [2.24, 2.45) is 0 Å². The summed E-state index contributed by atoms with van der Waals surface area (Å²) in [5.74, 6) is -0.397. The van der Waals surface area contributed by atoms with E-state index in [-0.39, 0.29) is 24.1 Å². The van der Waals surface area contributed by atoms with E-state index in [0.717, 1.165) is 13.1 Å². The molecule has 0 unspecified atom stereocenters. The van der Waals surface area contributed by atoms with Crippen molar-refractivity contribution >= 4 is 50.9 Å². The van der Waals surface area contributed by atoms with Crippen LogP contribution in [-0.2, 0) is 16.4 Å². The van der Waals surface area contributed by atoms with Crippen LogP contribution >= 0.6 is 23.2 Å². The van der Waals surface area contributed by atoms with E-state index in [9.17, 15) is 18.0 Å². The Bertz CT molecular complexity index is 1140. The first kappa shape index (κ1) is 27.1. The molecular weight excluding hydrogens is 513 g/mol. The van der Waals surface area contributed by atoms with Crippen molar-refractivity contribution < 1.29 is 18.0 Å². The summed E-state index contributed by atoms with van der Waals surface area (Å²) in [5, 5.41) is 6.23. The number of carbonyl (C=O) groups excluding carboxylic acids is 2. The summed E-state index contributed by atoms with van der Waals surface area (Å²) in [6.07, 6.45) is 0.218. The number of piperazine rings is 1. The summed E-state index contributed by atoms with van der Waals surface area (Å²) in [6.45, 7) is 3.96. The third-order valence-electron chi connectivity index (χ3n) is 5.68. The minimum atomic E-state index is -3.62. The molecule has 0 radical (unpaired) electrons. The smallest absolute Gasteiger partial charge is 0.317 e. The number of hydrogen-bond acceptors (Lipinski definition) is 5. The van der Waals surface area contributed by atoms with Crippen molar-refractivity contribution in [2.45, 2.75) is 6.42 Å². The Labute approximate surface area is 215 Å². The SMILES string of the molecule is CNC(=O)N1CCN(CCNC(=O)c2ccc(NS(=O)(=O)CCc3cccc(Cl)c3Cl)cc2)CC1. The Kier molecular flexibility index (Phi) is 9.62. The fourth-order valence-electron chi connectivity index (χ4n) is 3.67. The van der Waals surface area contributed by atoms with Crippen LogP contribution in [0.25, 0.3) is 0 Å². The molecule has 1 fully saturated rings. The summed E-state index contributed by atoms with van der Waals surface area (Å²) in [6, 6.07) is 11.3. The molecule has 9 nitrogen and oxygen atoms in total. The first-order chi connectivity index (χ1) is 16.7. The van der Waals surface area contributed by atoms with Gasteiger partial charge >= 0.3 is 6.03 Å². The lowest BCUT2D eigenvalue weighted by Crippen LogP contribution is -2.52. The molecule has 1 saturated heterocycles. The molecular formula is C23H29Cl2N5O4S. The first-order valence-electron chi connectivity index (χ1n) is 11.2. The fourth-order valence-corrected chi connectivity index (χ4v) is 5.17. The van der Waals surface area contributed by atoms with Gasteiger partial charge in [-0.1, -0.05) is 35.3 Å². The molecule has 0 saturated carbocycles. The van der Waals surface area contributed by atoms with E-state index in [1.165, 1.54) is 0 Å². The monoisotopic (exact) mass is 541 g/mol. The number of nitrogens with zero attached hydrogens (tertiary/aromatic N) is 2. The predicted octanol–water partition coefficient (Wildman–Crippen LogP) is 2.66. The summed E-state index contributed by atoms with van der Waals surface area (Å²) >= 11 is 12.1. The van der Waals surface area contributed by atoms with Gasteiger partial charge in [0.25, 0.3) is 5.91 Å². The first-order valence-corrected chi connectivity index (χ1v) is 13.6. The van der Waals surface area contributed by atoms with Crippen LogP contribution in [0, 0.1) is 0 Å². The second-order valence-corrected chi connectivity index (χ2v) is 10.7. The van der Waals surface area contributed by atoms with Crippen molar-refractivity contribution in [3.8, 4) is 0 Å². The Morgan fingerprint density at radius 2 is 1.69 bits per heavy atom. The minimum absolute atomic E-state index is 0.0748. The number of nitrogens with one attached hydrogen (secondary N) is 3. The highest BCUT2D eigenvalue weighted by Gasteiger charge is 2.20. The van der Waals surface area contributed by atoms with Crippen molar-refractivity contribution in [3.63, 3.8) is 0 Å². The Balaban J connectivity index is 1.43. The number of urea groups is 1. The van der Waals surface area contributed by atoms with E-state index >= 15 is 0 Å². The van der Waals surface area contributed by atoms with Crippen LogP contribution in [0.5, 0.6) is 0 Å². The minimum Gasteiger partial charge on any atom is -0.351 e. The average molecular weight is 542 g/mol. The van der Waals surface area contributed by atoms with E-state index in [4.69, 9.17) is 23.2 Å². The predicted molar refractivity (Wildman–Crippen MR) is 139 cm³/mol. The molecule has 3 amide bonds. The number of aryl methyl sites for hydroxylation is 1. The molecule has 0 aliphatic carbocycles. The summed E-state index contributed by atoms with van der Waals surface area (Å²) in [4.78, 5) is 28.0. The highest BCUT2D eigenvalue weighted by Crippen LogP contribution is 2.26. The van der Waals surface area contributed by atoms with Crippen LogP contribution < -0.4 is 15.4 Å². The maximum atomic E-state index is 12.5. The topological polar surface area (TPSA) is 111 Å². The third-order valence-corrected chi connectivity index (χ3v) is 7.83. The van der Waals surface area contributed by atoms with E-state index < -0.39 is 10.0 Å². The zero-order chi connectivity index (χ0) is 25.4. The molecule has 3 rings (SSSR count). The van der Waals surface area contributed by atoms with Gasteiger partial charge < -0.3 is 15.5 Å². The third kappa shape index (κ3) is 7.99. The molecule has 0 aromatic heterocycles. The Morgan fingerprint density at radius 1 is 1.00 bits per heavy atom. The molecule has 1 aliphatic rings. The number of halogens is 2. The quantitative estimate of drug-likeness (QED) is 0.452. The summed E-state index contributed by atoms with van der Waals surface area (Å²) in [5.41, 5.74) is 1.46. The molecule has 2 aromatic carbocycles. The van der Waals surface area contributed by atoms with Crippen molar-refractivity contribution in [2.75, 3.05) is 56.8 Å².